The van der Waals surface area contributed by atoms with Crippen molar-refractivity contribution >= 4 is 11.6 Å². The van der Waals surface area contributed by atoms with Gasteiger partial charge in [0.2, 0.25) is 5.88 Å². The molecule has 0 saturated carbocycles. The summed E-state index contributed by atoms with van der Waals surface area (Å²) in [5, 5.41) is 11.7. The molecular formula is C22H22N6O3. The van der Waals surface area contributed by atoms with E-state index in [1.165, 1.54) is 0 Å². The summed E-state index contributed by atoms with van der Waals surface area (Å²) in [6, 6.07) is 9.31. The molecule has 9 nitrogen and oxygen atoms in total. The molecule has 1 fully saturated rings. The van der Waals surface area contributed by atoms with Gasteiger partial charge in [-0.15, -0.1) is 5.10 Å². The number of hydrogen-bond donors (Lipinski definition) is 1. The normalized spacial score (nSPS) is 16.0. The van der Waals surface area contributed by atoms with E-state index in [1.807, 2.05) is 37.5 Å². The number of hydrogen-bond acceptors (Lipinski definition) is 6. The maximum absolute atomic E-state index is 12.1. The fraction of sp³-hybridized carbons (Fsp3) is 0.273. The molecule has 1 aliphatic heterocycles. The Morgan fingerprint density at radius 2 is 2.16 bits per heavy atom. The van der Waals surface area contributed by atoms with E-state index in [1.54, 1.807) is 34.7 Å². The summed E-state index contributed by atoms with van der Waals surface area (Å²) in [6.45, 7) is 1.22. The van der Waals surface area contributed by atoms with E-state index in [-0.39, 0.29) is 12.0 Å². The number of carbonyl (C=O) groups excluding carboxylic acids is 1. The first-order valence-corrected chi connectivity index (χ1v) is 10.1. The molecule has 31 heavy (non-hydrogen) atoms. The zero-order valence-electron chi connectivity index (χ0n) is 17.3. The molecule has 0 bridgehead atoms. The third-order valence-corrected chi connectivity index (χ3v) is 5.29. The van der Waals surface area contributed by atoms with Crippen LogP contribution in [0.2, 0.25) is 0 Å². The first-order valence-electron chi connectivity index (χ1n) is 10.1. The molecule has 4 heterocycles. The smallest absolute Gasteiger partial charge is 0.251 e. The molecular weight excluding hydrogens is 396 g/mol. The Hall–Kier alpha value is -3.72. The third-order valence-electron chi connectivity index (χ3n) is 5.29. The Labute approximate surface area is 178 Å². The SMILES string of the molecule is CNC(=O)c1cccc(-c2cnc3cc(-c4cnn(C)c4)c(O[C@@H]4CCOC4)nn23)c1. The van der Waals surface area contributed by atoms with Gasteiger partial charge in [0.25, 0.3) is 5.91 Å². The van der Waals surface area contributed by atoms with Crippen molar-refractivity contribution < 1.29 is 14.3 Å². The van der Waals surface area contributed by atoms with Crippen LogP contribution in [0.4, 0.5) is 0 Å². The highest BCUT2D eigenvalue weighted by molar-refractivity contribution is 5.95. The molecule has 0 unspecified atom stereocenters. The highest BCUT2D eigenvalue weighted by atomic mass is 16.5. The van der Waals surface area contributed by atoms with Crippen LogP contribution in [0, 0.1) is 0 Å². The van der Waals surface area contributed by atoms with Crippen molar-refractivity contribution in [1.82, 2.24) is 29.7 Å². The van der Waals surface area contributed by atoms with E-state index in [0.717, 1.165) is 28.8 Å². The molecule has 3 aromatic heterocycles. The van der Waals surface area contributed by atoms with Gasteiger partial charge in [0.1, 0.15) is 6.10 Å². The zero-order valence-corrected chi connectivity index (χ0v) is 17.3. The molecule has 1 atom stereocenters. The van der Waals surface area contributed by atoms with E-state index >= 15 is 0 Å². The monoisotopic (exact) mass is 418 g/mol. The number of amides is 1. The van der Waals surface area contributed by atoms with Gasteiger partial charge in [0.15, 0.2) is 5.65 Å². The minimum atomic E-state index is -0.146. The summed E-state index contributed by atoms with van der Waals surface area (Å²) in [4.78, 5) is 16.6. The number of rotatable bonds is 5. The molecule has 0 spiro atoms. The molecule has 0 aliphatic carbocycles. The van der Waals surface area contributed by atoms with Crippen molar-refractivity contribution in [3.8, 4) is 28.3 Å². The lowest BCUT2D eigenvalue weighted by Gasteiger charge is -2.15. The number of imidazole rings is 1. The summed E-state index contributed by atoms with van der Waals surface area (Å²) in [7, 11) is 3.48. The van der Waals surface area contributed by atoms with Crippen molar-refractivity contribution in [2.45, 2.75) is 12.5 Å². The number of aromatic nitrogens is 5. The van der Waals surface area contributed by atoms with Crippen LogP contribution in [0.3, 0.4) is 0 Å². The van der Waals surface area contributed by atoms with E-state index in [4.69, 9.17) is 14.6 Å². The summed E-state index contributed by atoms with van der Waals surface area (Å²) >= 11 is 0. The van der Waals surface area contributed by atoms with Crippen molar-refractivity contribution in [3.05, 3.63) is 54.5 Å². The molecule has 9 heteroatoms. The lowest BCUT2D eigenvalue weighted by atomic mass is 10.1. The van der Waals surface area contributed by atoms with Gasteiger partial charge in [-0.25, -0.2) is 9.50 Å². The summed E-state index contributed by atoms with van der Waals surface area (Å²) in [5.74, 6) is 0.352. The Kier molecular flexibility index (Phi) is 4.87. The van der Waals surface area contributed by atoms with Crippen LogP contribution in [0.1, 0.15) is 16.8 Å². The number of ether oxygens (including phenoxy) is 2. The average molecular weight is 418 g/mol. The summed E-state index contributed by atoms with van der Waals surface area (Å²) in [6.07, 6.45) is 6.21. The van der Waals surface area contributed by atoms with Crippen molar-refractivity contribution in [3.63, 3.8) is 0 Å². The topological polar surface area (TPSA) is 95.6 Å². The number of fused-ring (bicyclic) bond motifs is 1. The van der Waals surface area contributed by atoms with Gasteiger partial charge < -0.3 is 14.8 Å². The number of aryl methyl sites for hydroxylation is 1. The summed E-state index contributed by atoms with van der Waals surface area (Å²) < 4.78 is 15.2. The van der Waals surface area contributed by atoms with Crippen LogP contribution >= 0.6 is 0 Å². The average Bonchev–Trinajstić information content (AvgIpc) is 3.54. The molecule has 1 amide bonds. The van der Waals surface area contributed by atoms with Gasteiger partial charge in [-0.2, -0.15) is 5.10 Å². The number of nitrogens with one attached hydrogen (secondary N) is 1. The molecule has 4 aromatic rings. The number of carbonyl (C=O) groups is 1. The van der Waals surface area contributed by atoms with Crippen LogP contribution in [-0.4, -0.2) is 56.7 Å². The Morgan fingerprint density at radius 3 is 2.90 bits per heavy atom. The second-order valence-corrected chi connectivity index (χ2v) is 7.44. The molecule has 0 radical (unpaired) electrons. The molecule has 1 aliphatic rings. The largest absolute Gasteiger partial charge is 0.470 e. The molecule has 5 rings (SSSR count). The highest BCUT2D eigenvalue weighted by Crippen LogP contribution is 2.32. The zero-order chi connectivity index (χ0) is 21.4. The third kappa shape index (κ3) is 3.64. The first-order chi connectivity index (χ1) is 15.1. The quantitative estimate of drug-likeness (QED) is 0.534. The van der Waals surface area contributed by atoms with Gasteiger partial charge >= 0.3 is 0 Å². The van der Waals surface area contributed by atoms with E-state index in [0.29, 0.717) is 30.3 Å². The first kappa shape index (κ1) is 19.3. The minimum Gasteiger partial charge on any atom is -0.470 e. The molecule has 1 aromatic carbocycles. The van der Waals surface area contributed by atoms with Gasteiger partial charge in [-0.1, -0.05) is 12.1 Å². The molecule has 1 N–H and O–H groups in total. The second-order valence-electron chi connectivity index (χ2n) is 7.44. The highest BCUT2D eigenvalue weighted by Gasteiger charge is 2.22. The Balaban J connectivity index is 1.63. The van der Waals surface area contributed by atoms with E-state index < -0.39 is 0 Å². The van der Waals surface area contributed by atoms with Crippen LogP contribution in [-0.2, 0) is 11.8 Å². The van der Waals surface area contributed by atoms with E-state index in [2.05, 4.69) is 15.4 Å². The standard InChI is InChI=1S/C22H22N6O3/c1-23-21(29)15-5-3-4-14(8-15)19-11-24-20-9-18(16-10-25-27(2)12-16)22(26-28(19)20)31-17-6-7-30-13-17/h3-5,8-12,17H,6-7,13H2,1-2H3,(H,23,29)/t17-/m1/s1. The predicted molar refractivity (Wildman–Crippen MR) is 114 cm³/mol. The van der Waals surface area contributed by atoms with Gasteiger partial charge in [-0.3, -0.25) is 9.48 Å². The maximum atomic E-state index is 12.1. The fourth-order valence-corrected chi connectivity index (χ4v) is 3.68. The van der Waals surface area contributed by atoms with Gasteiger partial charge in [-0.05, 0) is 18.2 Å². The van der Waals surface area contributed by atoms with Crippen LogP contribution in [0.25, 0.3) is 28.0 Å². The van der Waals surface area contributed by atoms with Crippen LogP contribution < -0.4 is 10.1 Å². The summed E-state index contributed by atoms with van der Waals surface area (Å²) in [5.41, 5.74) is 4.58. The van der Waals surface area contributed by atoms with Crippen molar-refractivity contribution in [2.75, 3.05) is 20.3 Å². The lowest BCUT2D eigenvalue weighted by Crippen LogP contribution is -2.18. The minimum absolute atomic E-state index is 0.0519. The lowest BCUT2D eigenvalue weighted by molar-refractivity contribution is 0.0963. The predicted octanol–water partition coefficient (Wildman–Crippen LogP) is 2.32. The maximum Gasteiger partial charge on any atom is 0.251 e. The van der Waals surface area contributed by atoms with Crippen molar-refractivity contribution in [1.29, 1.82) is 0 Å². The molecule has 1 saturated heterocycles. The number of nitrogens with zero attached hydrogens (tertiary/aromatic N) is 5. The Bertz CT molecular complexity index is 1260. The number of benzene rings is 1. The molecule has 158 valence electrons. The van der Waals surface area contributed by atoms with E-state index in [9.17, 15) is 4.79 Å². The van der Waals surface area contributed by atoms with Crippen LogP contribution in [0.5, 0.6) is 5.88 Å². The van der Waals surface area contributed by atoms with Gasteiger partial charge in [0, 0.05) is 43.4 Å². The van der Waals surface area contributed by atoms with Crippen LogP contribution in [0.15, 0.2) is 48.9 Å². The fourth-order valence-electron chi connectivity index (χ4n) is 3.68. The Morgan fingerprint density at radius 1 is 1.26 bits per heavy atom. The van der Waals surface area contributed by atoms with Gasteiger partial charge in [0.05, 0.1) is 36.9 Å². The second kappa shape index (κ2) is 7.84. The van der Waals surface area contributed by atoms with Crippen molar-refractivity contribution in [2.24, 2.45) is 7.05 Å².